The van der Waals surface area contributed by atoms with E-state index in [2.05, 4.69) is 37.4 Å². The molecule has 0 spiro atoms. The number of hydrogen-bond acceptors (Lipinski definition) is 2. The van der Waals surface area contributed by atoms with Crippen molar-refractivity contribution < 1.29 is 4.42 Å². The van der Waals surface area contributed by atoms with Gasteiger partial charge in [0.2, 0.25) is 0 Å². The van der Waals surface area contributed by atoms with Gasteiger partial charge in [0, 0.05) is 5.56 Å². The number of furan rings is 1. The average Bonchev–Trinajstić information content (AvgIpc) is 2.79. The van der Waals surface area contributed by atoms with Crippen LogP contribution in [0.4, 0.5) is 0 Å². The predicted octanol–water partition coefficient (Wildman–Crippen LogP) is 3.21. The highest BCUT2D eigenvalue weighted by molar-refractivity contribution is 5.39. The Morgan fingerprint density at radius 3 is 2.62 bits per heavy atom. The molecule has 0 aliphatic carbocycles. The molecule has 0 saturated heterocycles. The van der Waals surface area contributed by atoms with E-state index in [4.69, 9.17) is 4.42 Å². The van der Waals surface area contributed by atoms with Gasteiger partial charge in [-0.2, -0.15) is 0 Å². The first-order chi connectivity index (χ1) is 7.74. The van der Waals surface area contributed by atoms with Gasteiger partial charge in [0.25, 0.3) is 0 Å². The Hall–Kier alpha value is -1.54. The Bertz CT molecular complexity index is 460. The fourth-order valence-electron chi connectivity index (χ4n) is 2.03. The summed E-state index contributed by atoms with van der Waals surface area (Å²) < 4.78 is 5.15. The molecule has 1 aromatic heterocycles. The van der Waals surface area contributed by atoms with Gasteiger partial charge < -0.3 is 9.73 Å². The molecule has 0 aliphatic rings. The average molecular weight is 215 g/mol. The second kappa shape index (κ2) is 4.54. The van der Waals surface area contributed by atoms with Crippen LogP contribution in [-0.2, 0) is 0 Å². The highest BCUT2D eigenvalue weighted by Gasteiger charge is 2.15. The first kappa shape index (κ1) is 11.0. The van der Waals surface area contributed by atoms with E-state index in [1.54, 1.807) is 12.5 Å². The number of aryl methyl sites for hydroxylation is 1. The third-order valence-electron chi connectivity index (χ3n) is 3.12. The topological polar surface area (TPSA) is 25.2 Å². The van der Waals surface area contributed by atoms with Gasteiger partial charge in [-0.1, -0.05) is 18.2 Å². The van der Waals surface area contributed by atoms with Crippen LogP contribution in [0.5, 0.6) is 0 Å². The lowest BCUT2D eigenvalue weighted by Gasteiger charge is -2.18. The molecule has 0 fully saturated rings. The molecule has 1 atom stereocenters. The molecule has 2 rings (SSSR count). The maximum Gasteiger partial charge on any atom is 0.0953 e. The van der Waals surface area contributed by atoms with Crippen molar-refractivity contribution >= 4 is 0 Å². The smallest absolute Gasteiger partial charge is 0.0953 e. The zero-order valence-corrected chi connectivity index (χ0v) is 9.95. The summed E-state index contributed by atoms with van der Waals surface area (Å²) in [6.45, 7) is 4.30. The summed E-state index contributed by atoms with van der Waals surface area (Å²) in [5, 5.41) is 3.33. The van der Waals surface area contributed by atoms with Crippen LogP contribution in [0.2, 0.25) is 0 Å². The van der Waals surface area contributed by atoms with Gasteiger partial charge >= 0.3 is 0 Å². The van der Waals surface area contributed by atoms with Crippen LogP contribution >= 0.6 is 0 Å². The molecule has 0 aliphatic heterocycles. The van der Waals surface area contributed by atoms with Crippen LogP contribution in [0, 0.1) is 13.8 Å². The second-order valence-electron chi connectivity index (χ2n) is 4.07. The number of nitrogens with one attached hydrogen (secondary N) is 1. The summed E-state index contributed by atoms with van der Waals surface area (Å²) in [7, 11) is 1.97. The Balaban J connectivity index is 2.45. The van der Waals surface area contributed by atoms with Crippen LogP contribution in [0.1, 0.15) is 28.3 Å². The predicted molar refractivity (Wildman–Crippen MR) is 65.5 cm³/mol. The zero-order valence-electron chi connectivity index (χ0n) is 9.95. The molecule has 0 amide bonds. The number of hydrogen-bond donors (Lipinski definition) is 1. The van der Waals surface area contributed by atoms with E-state index in [0.29, 0.717) is 0 Å². The van der Waals surface area contributed by atoms with E-state index in [0.717, 1.165) is 5.56 Å². The molecular formula is C14H17NO. The van der Waals surface area contributed by atoms with E-state index >= 15 is 0 Å². The second-order valence-corrected chi connectivity index (χ2v) is 4.07. The van der Waals surface area contributed by atoms with Crippen LogP contribution in [0.15, 0.2) is 41.2 Å². The normalized spacial score (nSPS) is 12.7. The maximum atomic E-state index is 5.15. The maximum absolute atomic E-state index is 5.15. The summed E-state index contributed by atoms with van der Waals surface area (Å²) in [5.74, 6) is 0. The minimum atomic E-state index is 0.207. The first-order valence-electron chi connectivity index (χ1n) is 5.49. The van der Waals surface area contributed by atoms with Crippen LogP contribution < -0.4 is 5.32 Å². The third kappa shape index (κ3) is 1.89. The minimum Gasteiger partial charge on any atom is -0.472 e. The molecule has 0 saturated carbocycles. The monoisotopic (exact) mass is 215 g/mol. The van der Waals surface area contributed by atoms with Crippen molar-refractivity contribution in [1.29, 1.82) is 0 Å². The Morgan fingerprint density at radius 2 is 2.00 bits per heavy atom. The van der Waals surface area contributed by atoms with Crippen molar-refractivity contribution in [3.05, 3.63) is 59.0 Å². The Morgan fingerprint density at radius 1 is 1.19 bits per heavy atom. The van der Waals surface area contributed by atoms with E-state index in [1.807, 2.05) is 13.1 Å². The largest absolute Gasteiger partial charge is 0.472 e. The molecule has 1 N–H and O–H groups in total. The highest BCUT2D eigenvalue weighted by atomic mass is 16.3. The van der Waals surface area contributed by atoms with Crippen LogP contribution in [0.25, 0.3) is 0 Å². The van der Waals surface area contributed by atoms with Crippen LogP contribution in [0.3, 0.4) is 0 Å². The minimum absolute atomic E-state index is 0.207. The fraction of sp³-hybridized carbons (Fsp3) is 0.286. The number of benzene rings is 1. The highest BCUT2D eigenvalue weighted by Crippen LogP contribution is 2.26. The van der Waals surface area contributed by atoms with Gasteiger partial charge in [0.05, 0.1) is 18.6 Å². The molecule has 2 aromatic rings. The molecule has 16 heavy (non-hydrogen) atoms. The fourth-order valence-corrected chi connectivity index (χ4v) is 2.03. The molecule has 1 heterocycles. The van der Waals surface area contributed by atoms with Crippen molar-refractivity contribution in [3.8, 4) is 0 Å². The standard InChI is InChI=1S/C14H17NO/c1-10-5-4-6-13(11(10)2)14(15-3)12-7-8-16-9-12/h4-9,14-15H,1-3H3. The summed E-state index contributed by atoms with van der Waals surface area (Å²) in [6, 6.07) is 8.61. The Kier molecular flexibility index (Phi) is 3.11. The lowest BCUT2D eigenvalue weighted by molar-refractivity contribution is 0.557. The first-order valence-corrected chi connectivity index (χ1v) is 5.49. The van der Waals surface area contributed by atoms with Crippen molar-refractivity contribution in [1.82, 2.24) is 5.32 Å². The van der Waals surface area contributed by atoms with Gasteiger partial charge in [-0.25, -0.2) is 0 Å². The van der Waals surface area contributed by atoms with Gasteiger partial charge in [-0.05, 0) is 43.7 Å². The van der Waals surface area contributed by atoms with Gasteiger partial charge in [0.1, 0.15) is 0 Å². The lowest BCUT2D eigenvalue weighted by atomic mass is 9.94. The summed E-state index contributed by atoms with van der Waals surface area (Å²) in [4.78, 5) is 0. The number of rotatable bonds is 3. The van der Waals surface area contributed by atoms with E-state index in [-0.39, 0.29) is 6.04 Å². The molecule has 1 aromatic carbocycles. The van der Waals surface area contributed by atoms with E-state index in [1.165, 1.54) is 16.7 Å². The van der Waals surface area contributed by atoms with Crippen molar-refractivity contribution in [2.75, 3.05) is 7.05 Å². The third-order valence-corrected chi connectivity index (χ3v) is 3.12. The summed E-state index contributed by atoms with van der Waals surface area (Å²) in [6.07, 6.45) is 3.51. The zero-order chi connectivity index (χ0) is 11.5. The quantitative estimate of drug-likeness (QED) is 0.850. The Labute approximate surface area is 96.3 Å². The molecule has 84 valence electrons. The SMILES string of the molecule is CNC(c1ccoc1)c1cccc(C)c1C. The van der Waals surface area contributed by atoms with Crippen molar-refractivity contribution in [3.63, 3.8) is 0 Å². The van der Waals surface area contributed by atoms with E-state index in [9.17, 15) is 0 Å². The summed E-state index contributed by atoms with van der Waals surface area (Å²) >= 11 is 0. The molecule has 0 bridgehead atoms. The van der Waals surface area contributed by atoms with E-state index < -0.39 is 0 Å². The molecule has 0 radical (unpaired) electrons. The van der Waals surface area contributed by atoms with Gasteiger partial charge in [0.15, 0.2) is 0 Å². The lowest BCUT2D eigenvalue weighted by Crippen LogP contribution is -2.18. The molecule has 1 unspecified atom stereocenters. The summed E-state index contributed by atoms with van der Waals surface area (Å²) in [5.41, 5.74) is 5.13. The molecule has 2 heteroatoms. The molecular weight excluding hydrogens is 198 g/mol. The molecule has 2 nitrogen and oxygen atoms in total. The van der Waals surface area contributed by atoms with Crippen molar-refractivity contribution in [2.24, 2.45) is 0 Å². The van der Waals surface area contributed by atoms with Crippen molar-refractivity contribution in [2.45, 2.75) is 19.9 Å². The van der Waals surface area contributed by atoms with Gasteiger partial charge in [-0.3, -0.25) is 0 Å². The van der Waals surface area contributed by atoms with Crippen LogP contribution in [-0.4, -0.2) is 7.05 Å². The van der Waals surface area contributed by atoms with Gasteiger partial charge in [-0.15, -0.1) is 0 Å².